The van der Waals surface area contributed by atoms with Crippen molar-refractivity contribution in [1.29, 1.82) is 0 Å². The average molecular weight is 205 g/mol. The van der Waals surface area contributed by atoms with Gasteiger partial charge < -0.3 is 5.32 Å². The molecule has 0 aromatic carbocycles. The highest BCUT2D eigenvalue weighted by atomic mass is 15.3. The minimum Gasteiger partial charge on any atom is -0.309 e. The summed E-state index contributed by atoms with van der Waals surface area (Å²) in [5.74, 6) is 6.21. The van der Waals surface area contributed by atoms with Crippen molar-refractivity contribution in [3.05, 3.63) is 17.5 Å². The van der Waals surface area contributed by atoms with Crippen LogP contribution in [0, 0.1) is 11.8 Å². The summed E-state index contributed by atoms with van der Waals surface area (Å²) >= 11 is 0. The van der Waals surface area contributed by atoms with Gasteiger partial charge in [0.2, 0.25) is 0 Å². The monoisotopic (exact) mass is 205 g/mol. The second-order valence-corrected chi connectivity index (χ2v) is 4.65. The van der Waals surface area contributed by atoms with E-state index in [4.69, 9.17) is 0 Å². The van der Waals surface area contributed by atoms with E-state index in [1.165, 1.54) is 0 Å². The molecule has 0 amide bonds. The molecule has 0 saturated carbocycles. The maximum Gasteiger partial charge on any atom is 0.0834 e. The van der Waals surface area contributed by atoms with Crippen molar-refractivity contribution < 1.29 is 0 Å². The van der Waals surface area contributed by atoms with Gasteiger partial charge in [-0.1, -0.05) is 32.6 Å². The Morgan fingerprint density at radius 2 is 2.13 bits per heavy atom. The third-order valence-electron chi connectivity index (χ3n) is 2.03. The standard InChI is InChI=1S/C12H19N3/c1-12(2,3)11-10(7-6-8-13-4)9-15(5)14-11/h9,13H,8H2,1-5H3. The summed E-state index contributed by atoms with van der Waals surface area (Å²) in [4.78, 5) is 0. The Bertz CT molecular complexity index is 385. The van der Waals surface area contributed by atoms with Gasteiger partial charge in [0.1, 0.15) is 0 Å². The molecule has 0 bridgehead atoms. The first-order valence-corrected chi connectivity index (χ1v) is 5.12. The summed E-state index contributed by atoms with van der Waals surface area (Å²) in [5.41, 5.74) is 2.14. The maximum absolute atomic E-state index is 4.45. The number of aryl methyl sites for hydroxylation is 1. The Labute approximate surface area is 91.9 Å². The summed E-state index contributed by atoms with van der Waals surface area (Å²) < 4.78 is 1.82. The Morgan fingerprint density at radius 3 is 2.67 bits per heavy atom. The lowest BCUT2D eigenvalue weighted by molar-refractivity contribution is 0.552. The van der Waals surface area contributed by atoms with Gasteiger partial charge in [0.25, 0.3) is 0 Å². The van der Waals surface area contributed by atoms with Gasteiger partial charge in [-0.05, 0) is 7.05 Å². The van der Waals surface area contributed by atoms with Crippen molar-refractivity contribution in [3.8, 4) is 11.8 Å². The molecule has 0 atom stereocenters. The molecule has 82 valence electrons. The Hall–Kier alpha value is -1.27. The van der Waals surface area contributed by atoms with Crippen LogP contribution in [0.25, 0.3) is 0 Å². The van der Waals surface area contributed by atoms with Gasteiger partial charge in [0.15, 0.2) is 0 Å². The molecule has 1 N–H and O–H groups in total. The predicted molar refractivity (Wildman–Crippen MR) is 62.7 cm³/mol. The Morgan fingerprint density at radius 1 is 1.47 bits per heavy atom. The first-order chi connectivity index (χ1) is 6.95. The van der Waals surface area contributed by atoms with E-state index in [2.05, 4.69) is 43.0 Å². The van der Waals surface area contributed by atoms with E-state index in [1.54, 1.807) is 0 Å². The van der Waals surface area contributed by atoms with Crippen LogP contribution >= 0.6 is 0 Å². The molecule has 1 aromatic rings. The summed E-state index contributed by atoms with van der Waals surface area (Å²) in [6.45, 7) is 7.16. The zero-order chi connectivity index (χ0) is 11.5. The lowest BCUT2D eigenvalue weighted by atomic mass is 9.90. The molecule has 0 radical (unpaired) electrons. The Balaban J connectivity index is 3.04. The fourth-order valence-corrected chi connectivity index (χ4v) is 1.36. The van der Waals surface area contributed by atoms with Crippen LogP contribution in [0.4, 0.5) is 0 Å². The van der Waals surface area contributed by atoms with Crippen LogP contribution in [-0.4, -0.2) is 23.4 Å². The first-order valence-electron chi connectivity index (χ1n) is 5.12. The first kappa shape index (κ1) is 11.8. The SMILES string of the molecule is CNCC#Cc1cn(C)nc1C(C)(C)C. The zero-order valence-corrected chi connectivity index (χ0v) is 10.2. The average Bonchev–Trinajstić information content (AvgIpc) is 2.47. The van der Waals surface area contributed by atoms with E-state index in [0.29, 0.717) is 6.54 Å². The molecule has 0 spiro atoms. The van der Waals surface area contributed by atoms with Crippen molar-refractivity contribution in [2.24, 2.45) is 7.05 Å². The number of rotatable bonds is 1. The lowest BCUT2D eigenvalue weighted by Gasteiger charge is -2.15. The third kappa shape index (κ3) is 3.10. The van der Waals surface area contributed by atoms with Gasteiger partial charge in [0.05, 0.1) is 17.8 Å². The van der Waals surface area contributed by atoms with Gasteiger partial charge in [-0.2, -0.15) is 5.10 Å². The second-order valence-electron chi connectivity index (χ2n) is 4.65. The number of nitrogens with one attached hydrogen (secondary N) is 1. The van der Waals surface area contributed by atoms with Crippen LogP contribution in [0.15, 0.2) is 6.20 Å². The highest BCUT2D eigenvalue weighted by molar-refractivity contribution is 5.39. The molecule has 3 heteroatoms. The topological polar surface area (TPSA) is 29.9 Å². The number of aromatic nitrogens is 2. The third-order valence-corrected chi connectivity index (χ3v) is 2.03. The summed E-state index contributed by atoms with van der Waals surface area (Å²) in [6, 6.07) is 0. The van der Waals surface area contributed by atoms with Crippen LogP contribution in [0.1, 0.15) is 32.0 Å². The molecule has 0 fully saturated rings. The van der Waals surface area contributed by atoms with Crippen molar-refractivity contribution in [2.45, 2.75) is 26.2 Å². The number of hydrogen-bond acceptors (Lipinski definition) is 2. The zero-order valence-electron chi connectivity index (χ0n) is 10.2. The van der Waals surface area contributed by atoms with Gasteiger partial charge in [-0.25, -0.2) is 0 Å². The van der Waals surface area contributed by atoms with Crippen molar-refractivity contribution >= 4 is 0 Å². The molecule has 0 aliphatic heterocycles. The predicted octanol–water partition coefficient (Wildman–Crippen LogP) is 1.29. The minimum absolute atomic E-state index is 0.0465. The quantitative estimate of drug-likeness (QED) is 0.700. The van der Waals surface area contributed by atoms with Crippen LogP contribution < -0.4 is 5.32 Å². The van der Waals surface area contributed by atoms with Crippen molar-refractivity contribution in [1.82, 2.24) is 15.1 Å². The fraction of sp³-hybridized carbons (Fsp3) is 0.583. The Kier molecular flexibility index (Phi) is 3.54. The van der Waals surface area contributed by atoms with Gasteiger partial charge >= 0.3 is 0 Å². The molecule has 1 aromatic heterocycles. The highest BCUT2D eigenvalue weighted by Crippen LogP contribution is 2.23. The second kappa shape index (κ2) is 4.50. The van der Waals surface area contributed by atoms with Gasteiger partial charge in [-0.3, -0.25) is 4.68 Å². The van der Waals surface area contributed by atoms with Gasteiger partial charge in [0, 0.05) is 18.7 Å². The molecule has 15 heavy (non-hydrogen) atoms. The largest absolute Gasteiger partial charge is 0.309 e. The number of hydrogen-bond donors (Lipinski definition) is 1. The molecule has 1 rings (SSSR count). The normalized spacial score (nSPS) is 11.0. The number of nitrogens with zero attached hydrogens (tertiary/aromatic N) is 2. The van der Waals surface area contributed by atoms with E-state index in [9.17, 15) is 0 Å². The van der Waals surface area contributed by atoms with Gasteiger partial charge in [-0.15, -0.1) is 0 Å². The van der Waals surface area contributed by atoms with Crippen LogP contribution in [0.3, 0.4) is 0 Å². The maximum atomic E-state index is 4.45. The van der Waals surface area contributed by atoms with Crippen LogP contribution in [-0.2, 0) is 12.5 Å². The van der Waals surface area contributed by atoms with E-state index >= 15 is 0 Å². The molecular weight excluding hydrogens is 186 g/mol. The van der Waals surface area contributed by atoms with E-state index in [-0.39, 0.29) is 5.41 Å². The highest BCUT2D eigenvalue weighted by Gasteiger charge is 2.20. The minimum atomic E-state index is 0.0465. The van der Waals surface area contributed by atoms with E-state index < -0.39 is 0 Å². The molecule has 0 aliphatic carbocycles. The molecule has 0 aliphatic rings. The molecular formula is C12H19N3. The van der Waals surface area contributed by atoms with Crippen LogP contribution in [0.5, 0.6) is 0 Å². The summed E-state index contributed by atoms with van der Waals surface area (Å²) in [7, 11) is 3.82. The van der Waals surface area contributed by atoms with Crippen molar-refractivity contribution in [3.63, 3.8) is 0 Å². The van der Waals surface area contributed by atoms with E-state index in [1.807, 2.05) is 25.0 Å². The molecule has 1 heterocycles. The van der Waals surface area contributed by atoms with E-state index in [0.717, 1.165) is 11.3 Å². The lowest BCUT2D eigenvalue weighted by Crippen LogP contribution is -2.14. The molecule has 3 nitrogen and oxygen atoms in total. The molecule has 0 saturated heterocycles. The van der Waals surface area contributed by atoms with Crippen molar-refractivity contribution in [2.75, 3.05) is 13.6 Å². The van der Waals surface area contributed by atoms with Crippen LogP contribution in [0.2, 0.25) is 0 Å². The smallest absolute Gasteiger partial charge is 0.0834 e. The molecule has 0 unspecified atom stereocenters. The fourth-order valence-electron chi connectivity index (χ4n) is 1.36. The summed E-state index contributed by atoms with van der Waals surface area (Å²) in [5, 5.41) is 7.46. The summed E-state index contributed by atoms with van der Waals surface area (Å²) in [6.07, 6.45) is 1.98.